The predicted octanol–water partition coefficient (Wildman–Crippen LogP) is 23.8. The molecule has 11 rings (SSSR count). The zero-order valence-corrected chi connectivity index (χ0v) is 73.9. The molecule has 1 N–H and O–H groups in total. The van der Waals surface area contributed by atoms with Crippen LogP contribution < -0.4 is 5.32 Å². The fraction of sp³-hybridized carbons (Fsp3) is 0.330. The number of rotatable bonds is 27. The maximum Gasteiger partial charge on any atom is 0.254 e. The lowest BCUT2D eigenvalue weighted by molar-refractivity contribution is 0.0509. The van der Waals surface area contributed by atoms with E-state index in [9.17, 15) is 24.0 Å². The second-order valence-electron chi connectivity index (χ2n) is 29.1. The molecule has 0 saturated carbocycles. The van der Waals surface area contributed by atoms with Gasteiger partial charge < -0.3 is 48.6 Å². The van der Waals surface area contributed by atoms with E-state index in [2.05, 4.69) is 33.0 Å². The van der Waals surface area contributed by atoms with Gasteiger partial charge in [0.05, 0.1) is 33.0 Å². The van der Waals surface area contributed by atoms with Crippen LogP contribution in [0.3, 0.4) is 0 Å². The zero-order chi connectivity index (χ0) is 85.3. The number of likely N-dealkylation sites (tertiary alicyclic amines) is 1. The van der Waals surface area contributed by atoms with E-state index in [1.54, 1.807) is 57.3 Å². The summed E-state index contributed by atoms with van der Waals surface area (Å²) in [5.41, 5.74) is 18.9. The van der Waals surface area contributed by atoms with E-state index in [-0.39, 0.29) is 47.7 Å². The second-order valence-corrected chi connectivity index (χ2v) is 31.2. The smallest absolute Gasteiger partial charge is 0.254 e. The van der Waals surface area contributed by atoms with Gasteiger partial charge in [-0.2, -0.15) is 0 Å². The van der Waals surface area contributed by atoms with Crippen LogP contribution >= 0.6 is 58.0 Å². The van der Waals surface area contributed by atoms with Crippen LogP contribution in [-0.2, 0) is 56.7 Å². The quantitative estimate of drug-likeness (QED) is 0.0492. The Balaban J connectivity index is 0.000000202. The predicted molar refractivity (Wildman–Crippen MR) is 481 cm³/mol. The molecular formula is C97H112Cl5N5O10. The molecular weight excluding hydrogens is 1570 g/mol. The molecule has 10 aromatic carbocycles. The van der Waals surface area contributed by atoms with Crippen LogP contribution in [0.2, 0.25) is 25.1 Å². The number of nitrogens with one attached hydrogen (secondary N) is 1. The number of carbonyl (C=O) groups excluding carboxylic acids is 5. The van der Waals surface area contributed by atoms with Gasteiger partial charge in [0, 0.05) is 147 Å². The average Bonchev–Trinajstić information content (AvgIpc) is 0.837. The standard InChI is InChI=1S/C22H26ClNO2.3C19H22ClNO2.C18H20ClNO2/c1-15-5-4-6-16(2)24(15)22(25)18-9-12-21(19(13-18)14-26-3)17-7-10-20(23)11-8-17;1-13(2)21(3)19(22)15-7-10-18(16(11-15)12-23-4)14-5-8-17(20)9-6-14;1-4-11-21(2)19(22)15-7-10-18(16(12-15)13-23-3)14-5-8-17(20)9-6-14;1-3-4-11-21-19(22)15-7-10-18(16(12-15)13-23-2)14-5-8-17(20)9-6-14;1-4-20(2)18(21)14-7-10-17(15(11-14)12-22-3)13-5-8-16(19)9-6-13/h7-13,15-16H,4-6,14H2,1-3H3;5-11,13H,12H2,1-4H3;5-10,12H,4,11,13H2,1-3H3;5-10,12H,3-4,11,13H2,1-2H3,(H,21,22);5-11H,4,12H2,1-3H3/t15-,16+;;;;. The summed E-state index contributed by atoms with van der Waals surface area (Å²) >= 11 is 29.8. The number of hydrogen-bond donors (Lipinski definition) is 1. The molecule has 1 saturated heterocycles. The van der Waals surface area contributed by atoms with Crippen LogP contribution in [-0.4, -0.2) is 144 Å². The fourth-order valence-corrected chi connectivity index (χ4v) is 14.1. The van der Waals surface area contributed by atoms with Crippen molar-refractivity contribution < 1.29 is 47.7 Å². The molecule has 15 nitrogen and oxygen atoms in total. The molecule has 0 spiro atoms. The maximum absolute atomic E-state index is 13.1. The van der Waals surface area contributed by atoms with Gasteiger partial charge in [0.15, 0.2) is 0 Å². The molecule has 1 aliphatic heterocycles. The van der Waals surface area contributed by atoms with Crippen molar-refractivity contribution in [3.05, 3.63) is 293 Å². The third-order valence-corrected chi connectivity index (χ3v) is 21.4. The van der Waals surface area contributed by atoms with E-state index in [1.165, 1.54) is 6.42 Å². The number of carbonyl (C=O) groups is 5. The van der Waals surface area contributed by atoms with Crippen molar-refractivity contribution in [2.45, 2.75) is 138 Å². The van der Waals surface area contributed by atoms with Crippen LogP contribution in [0.15, 0.2) is 212 Å². The molecule has 5 amide bonds. The number of methoxy groups -OCH3 is 5. The number of hydrogen-bond acceptors (Lipinski definition) is 10. The van der Waals surface area contributed by atoms with Crippen molar-refractivity contribution in [2.75, 3.05) is 76.3 Å². The maximum atomic E-state index is 13.1. The highest BCUT2D eigenvalue weighted by Gasteiger charge is 2.30. The number of amides is 5. The van der Waals surface area contributed by atoms with Crippen LogP contribution in [0, 0.1) is 0 Å². The van der Waals surface area contributed by atoms with Crippen molar-refractivity contribution in [2.24, 2.45) is 0 Å². The Morgan fingerprint density at radius 3 is 0.966 bits per heavy atom. The van der Waals surface area contributed by atoms with Crippen molar-refractivity contribution in [1.82, 2.24) is 24.9 Å². The Labute approximate surface area is 718 Å². The lowest BCUT2D eigenvalue weighted by atomic mass is 9.94. The Morgan fingerprint density at radius 1 is 0.393 bits per heavy atom. The first-order valence-corrected chi connectivity index (χ1v) is 41.4. The third kappa shape index (κ3) is 28.0. The molecule has 2 atom stereocenters. The summed E-state index contributed by atoms with van der Waals surface area (Å²) < 4.78 is 26.6. The molecule has 1 heterocycles. The summed E-state index contributed by atoms with van der Waals surface area (Å²) in [6, 6.07) is 68.0. The zero-order valence-electron chi connectivity index (χ0n) is 70.1. The Hall–Kier alpha value is -9.20. The van der Waals surface area contributed by atoms with Gasteiger partial charge in [0.1, 0.15) is 0 Å². The minimum Gasteiger partial charge on any atom is -0.380 e. The van der Waals surface area contributed by atoms with Gasteiger partial charge >= 0.3 is 0 Å². The second kappa shape index (κ2) is 48.6. The normalized spacial score (nSPS) is 12.8. The first kappa shape index (κ1) is 94.9. The Morgan fingerprint density at radius 2 is 0.675 bits per heavy atom. The average molecular weight is 1690 g/mol. The summed E-state index contributed by atoms with van der Waals surface area (Å²) in [7, 11) is 13.7. The SMILES string of the molecule is CCCCNC(=O)c1ccc(-c2ccc(Cl)cc2)c(COC)c1.CCCN(C)C(=O)c1ccc(-c2ccc(Cl)cc2)c(COC)c1.CCN(C)C(=O)c1ccc(-c2ccc(Cl)cc2)c(COC)c1.COCc1cc(C(=O)N(C)C(C)C)ccc1-c1ccc(Cl)cc1.COCc1cc(C(=O)N2[C@H](C)CCC[C@@H]2C)ccc1-c1ccc(Cl)cc1. The summed E-state index contributed by atoms with van der Waals surface area (Å²) in [5.74, 6) is 0.137. The number of benzene rings is 10. The van der Waals surface area contributed by atoms with E-state index in [4.69, 9.17) is 81.7 Å². The van der Waals surface area contributed by atoms with Crippen LogP contribution in [0.25, 0.3) is 55.6 Å². The molecule has 20 heteroatoms. The van der Waals surface area contributed by atoms with E-state index < -0.39 is 0 Å². The first-order valence-electron chi connectivity index (χ1n) is 39.5. The molecule has 0 aromatic heterocycles. The summed E-state index contributed by atoms with van der Waals surface area (Å²) in [5, 5.41) is 6.46. The number of nitrogens with zero attached hydrogens (tertiary/aromatic N) is 4. The summed E-state index contributed by atoms with van der Waals surface area (Å²) in [6.45, 7) is 18.8. The minimum absolute atomic E-state index is 0.0139. The van der Waals surface area contributed by atoms with Crippen LogP contribution in [0.1, 0.15) is 167 Å². The molecule has 0 radical (unpaired) electrons. The molecule has 1 aliphatic rings. The fourth-order valence-electron chi connectivity index (χ4n) is 13.5. The van der Waals surface area contributed by atoms with E-state index >= 15 is 0 Å². The van der Waals surface area contributed by atoms with E-state index in [1.807, 2.05) is 252 Å². The van der Waals surface area contributed by atoms with Gasteiger partial charge in [-0.1, -0.05) is 169 Å². The number of unbranched alkanes of at least 4 members (excludes halogenated alkanes) is 1. The van der Waals surface area contributed by atoms with E-state index in [0.717, 1.165) is 128 Å². The van der Waals surface area contributed by atoms with Gasteiger partial charge in [-0.3, -0.25) is 24.0 Å². The molecule has 0 bridgehead atoms. The van der Waals surface area contributed by atoms with Crippen molar-refractivity contribution in [3.63, 3.8) is 0 Å². The third-order valence-electron chi connectivity index (χ3n) is 20.1. The van der Waals surface area contributed by atoms with Crippen molar-refractivity contribution in [1.29, 1.82) is 0 Å². The van der Waals surface area contributed by atoms with Crippen LogP contribution in [0.5, 0.6) is 0 Å². The highest BCUT2D eigenvalue weighted by molar-refractivity contribution is 6.32. The van der Waals surface area contributed by atoms with Crippen molar-refractivity contribution in [3.8, 4) is 55.6 Å². The highest BCUT2D eigenvalue weighted by Crippen LogP contribution is 2.34. The first-order chi connectivity index (χ1) is 56.2. The van der Waals surface area contributed by atoms with Gasteiger partial charge in [0.25, 0.3) is 29.5 Å². The Bertz CT molecular complexity index is 4820. The summed E-state index contributed by atoms with van der Waals surface area (Å²) in [6.07, 6.45) is 6.32. The highest BCUT2D eigenvalue weighted by atomic mass is 35.5. The molecule has 620 valence electrons. The Kier molecular flexibility index (Phi) is 39.5. The topological polar surface area (TPSA) is 156 Å². The molecule has 1 fully saturated rings. The lowest BCUT2D eigenvalue weighted by Gasteiger charge is -2.39. The van der Waals surface area contributed by atoms with E-state index in [0.29, 0.717) is 93.5 Å². The van der Waals surface area contributed by atoms with Gasteiger partial charge in [0.2, 0.25) is 0 Å². The number of piperidine rings is 1. The molecule has 0 unspecified atom stereocenters. The number of ether oxygens (including phenoxy) is 5. The van der Waals surface area contributed by atoms with Crippen molar-refractivity contribution >= 4 is 87.5 Å². The lowest BCUT2D eigenvalue weighted by Crippen LogP contribution is -2.47. The molecule has 10 aromatic rings. The van der Waals surface area contributed by atoms with Gasteiger partial charge in [-0.05, 0) is 272 Å². The number of halogens is 5. The van der Waals surface area contributed by atoms with Gasteiger partial charge in [-0.15, -0.1) is 0 Å². The molecule has 0 aliphatic carbocycles. The minimum atomic E-state index is -0.0431. The van der Waals surface area contributed by atoms with Gasteiger partial charge in [-0.25, -0.2) is 0 Å². The summed E-state index contributed by atoms with van der Waals surface area (Å²) in [4.78, 5) is 69.8. The van der Waals surface area contributed by atoms with Crippen LogP contribution in [0.4, 0.5) is 0 Å². The molecule has 117 heavy (non-hydrogen) atoms. The largest absolute Gasteiger partial charge is 0.380 e. The monoisotopic (exact) mass is 1680 g/mol.